The first-order valence-corrected chi connectivity index (χ1v) is 3.66. The summed E-state index contributed by atoms with van der Waals surface area (Å²) in [6, 6.07) is 10.8. The molecule has 2 heteroatoms. The predicted molar refractivity (Wildman–Crippen MR) is 45.1 cm³/mol. The van der Waals surface area contributed by atoms with Crippen molar-refractivity contribution >= 4 is 0 Å². The Morgan fingerprint density at radius 1 is 1.50 bits per heavy atom. The number of rotatable bonds is 0. The number of benzene rings is 1. The molecule has 0 aliphatic carbocycles. The van der Waals surface area contributed by atoms with Crippen LogP contribution in [0.15, 0.2) is 24.3 Å². The fourth-order valence-corrected chi connectivity index (χ4v) is 0.538. The summed E-state index contributed by atoms with van der Waals surface area (Å²) in [5.74, 6) is 0. The summed E-state index contributed by atoms with van der Waals surface area (Å²) in [4.78, 5) is 0. The van der Waals surface area contributed by atoms with Crippen LogP contribution in [0, 0.1) is 19.9 Å². The minimum atomic E-state index is 0. The van der Waals surface area contributed by atoms with Crippen LogP contribution in [0.25, 0.3) is 0 Å². The summed E-state index contributed by atoms with van der Waals surface area (Å²) in [6.07, 6.45) is 0.333. The maximum Gasteiger partial charge on any atom is 2.00 e. The summed E-state index contributed by atoms with van der Waals surface area (Å²) < 4.78 is 4.60. The summed E-state index contributed by atoms with van der Waals surface area (Å²) in [7, 11) is 0. The molecule has 1 unspecified atom stereocenters. The van der Waals surface area contributed by atoms with Gasteiger partial charge in [-0.15, -0.1) is 0 Å². The van der Waals surface area contributed by atoms with Gasteiger partial charge in [-0.1, -0.05) is 6.92 Å². The zero-order valence-electron chi connectivity index (χ0n) is 7.16. The van der Waals surface area contributed by atoms with Crippen LogP contribution in [-0.4, -0.2) is 12.7 Å². The quantitative estimate of drug-likeness (QED) is 0.460. The van der Waals surface area contributed by atoms with E-state index in [0.29, 0.717) is 6.10 Å². The molecule has 1 aliphatic rings. The minimum Gasteiger partial charge on any atom is -0.408 e. The van der Waals surface area contributed by atoms with Gasteiger partial charge in [0.2, 0.25) is 0 Å². The average Bonchev–Trinajstić information content (AvgIpc) is 2.75. The Morgan fingerprint density at radius 3 is 2.08 bits per heavy atom. The molecule has 1 aromatic carbocycles. The van der Waals surface area contributed by atoms with Gasteiger partial charge in [0, 0.05) is 6.61 Å². The van der Waals surface area contributed by atoms with Gasteiger partial charge in [-0.3, -0.25) is 0 Å². The van der Waals surface area contributed by atoms with Crippen LogP contribution in [0.4, 0.5) is 0 Å². The Labute approximate surface area is 86.0 Å². The summed E-state index contributed by atoms with van der Waals surface area (Å²) in [5, 5.41) is 0. The van der Waals surface area contributed by atoms with Gasteiger partial charge in [0.15, 0.2) is 0 Å². The van der Waals surface area contributed by atoms with Crippen LogP contribution < -0.4 is 0 Å². The van der Waals surface area contributed by atoms with Gasteiger partial charge >= 0.3 is 18.6 Å². The average molecular weight is 199 g/mol. The van der Waals surface area contributed by atoms with E-state index in [1.807, 2.05) is 24.3 Å². The minimum absolute atomic E-state index is 0. The van der Waals surface area contributed by atoms with Crippen LogP contribution in [-0.2, 0) is 23.3 Å². The Kier molecular flexibility index (Phi) is 6.18. The van der Waals surface area contributed by atoms with Crippen LogP contribution >= 0.6 is 0 Å². The van der Waals surface area contributed by atoms with Crippen LogP contribution in [0.3, 0.4) is 0 Å². The zero-order chi connectivity index (χ0) is 8.10. The van der Waals surface area contributed by atoms with Crippen molar-refractivity contribution in [3.8, 4) is 0 Å². The predicted octanol–water partition coefficient (Wildman–Crippen LogP) is 2.01. The van der Waals surface area contributed by atoms with E-state index >= 15 is 0 Å². The van der Waals surface area contributed by atoms with E-state index < -0.39 is 0 Å². The number of aryl methyl sites for hydroxylation is 1. The van der Waals surface area contributed by atoms with Crippen molar-refractivity contribution in [2.45, 2.75) is 13.0 Å². The number of epoxide rings is 1. The Bertz CT molecular complexity index is 194. The summed E-state index contributed by atoms with van der Waals surface area (Å²) in [6.45, 7) is 6.47. The molecule has 1 nitrogen and oxygen atoms in total. The fraction of sp³-hybridized carbons (Fsp3) is 0.300. The van der Waals surface area contributed by atoms with Crippen LogP contribution in [0.1, 0.15) is 5.56 Å². The molecule has 1 saturated heterocycles. The van der Waals surface area contributed by atoms with Crippen molar-refractivity contribution in [1.29, 1.82) is 0 Å². The molecule has 0 aromatic heterocycles. The molecule has 1 atom stereocenters. The maximum absolute atomic E-state index is 4.60. The number of hydrogen-bond acceptors (Lipinski definition) is 1. The van der Waals surface area contributed by atoms with E-state index in [-0.39, 0.29) is 18.6 Å². The first-order chi connectivity index (χ1) is 5.29. The second-order valence-corrected chi connectivity index (χ2v) is 2.53. The van der Waals surface area contributed by atoms with E-state index in [2.05, 4.69) is 24.7 Å². The molecule has 63 valence electrons. The van der Waals surface area contributed by atoms with Gasteiger partial charge in [-0.05, 0) is 6.10 Å². The monoisotopic (exact) mass is 199 g/mol. The van der Waals surface area contributed by atoms with Crippen molar-refractivity contribution in [3.05, 3.63) is 42.8 Å². The standard InChI is InChI=1S/C7H7.C3H5O.V/c1-7-5-3-2-4-6-7;1-3-2-4-3;/h3-6H,1H3;3H,1-2H2;/q2*-1;+2. The molecule has 1 heterocycles. The molecular weight excluding hydrogens is 187 g/mol. The third kappa shape index (κ3) is 6.47. The van der Waals surface area contributed by atoms with E-state index in [1.54, 1.807) is 0 Å². The van der Waals surface area contributed by atoms with Crippen molar-refractivity contribution < 1.29 is 23.3 Å². The molecule has 0 spiro atoms. The number of hydrogen-bond donors (Lipinski definition) is 0. The van der Waals surface area contributed by atoms with Gasteiger partial charge in [0.05, 0.1) is 0 Å². The van der Waals surface area contributed by atoms with E-state index in [4.69, 9.17) is 0 Å². The van der Waals surface area contributed by atoms with E-state index in [0.717, 1.165) is 6.61 Å². The SMILES string of the molecule is Cc1cc[c-]cc1.[CH2-]C1CO1.[V+2]. The van der Waals surface area contributed by atoms with Gasteiger partial charge in [-0.25, -0.2) is 0 Å². The first-order valence-electron chi connectivity index (χ1n) is 3.66. The summed E-state index contributed by atoms with van der Waals surface area (Å²) >= 11 is 0. The fourth-order valence-electron chi connectivity index (χ4n) is 0.538. The maximum atomic E-state index is 4.60. The molecule has 0 N–H and O–H groups in total. The Hall–Kier alpha value is -0.236. The second kappa shape index (κ2) is 6.30. The summed E-state index contributed by atoms with van der Waals surface area (Å²) in [5.41, 5.74) is 1.29. The van der Waals surface area contributed by atoms with E-state index in [9.17, 15) is 0 Å². The van der Waals surface area contributed by atoms with Gasteiger partial charge in [0.1, 0.15) is 0 Å². The molecule has 1 aliphatic heterocycles. The Balaban J connectivity index is 0.000000209. The third-order valence-electron chi connectivity index (χ3n) is 1.29. The van der Waals surface area contributed by atoms with Crippen molar-refractivity contribution in [1.82, 2.24) is 0 Å². The largest absolute Gasteiger partial charge is 2.00 e. The van der Waals surface area contributed by atoms with Crippen LogP contribution in [0.5, 0.6) is 0 Å². The molecule has 1 aromatic rings. The van der Waals surface area contributed by atoms with Crippen molar-refractivity contribution in [2.24, 2.45) is 0 Å². The first kappa shape index (κ1) is 11.8. The molecule has 0 amide bonds. The van der Waals surface area contributed by atoms with Gasteiger partial charge in [0.25, 0.3) is 0 Å². The molecule has 0 saturated carbocycles. The van der Waals surface area contributed by atoms with E-state index in [1.165, 1.54) is 5.56 Å². The second-order valence-electron chi connectivity index (χ2n) is 2.53. The molecule has 0 bridgehead atoms. The smallest absolute Gasteiger partial charge is 0.408 e. The molecule has 2 rings (SSSR count). The molecule has 1 fully saturated rings. The number of ether oxygens (including phenoxy) is 1. The van der Waals surface area contributed by atoms with Crippen molar-refractivity contribution in [3.63, 3.8) is 0 Å². The Morgan fingerprint density at radius 2 is 1.92 bits per heavy atom. The van der Waals surface area contributed by atoms with Gasteiger partial charge in [-0.2, -0.15) is 35.9 Å². The van der Waals surface area contributed by atoms with Crippen LogP contribution in [0.2, 0.25) is 0 Å². The van der Waals surface area contributed by atoms with Crippen molar-refractivity contribution in [2.75, 3.05) is 6.61 Å². The molecular formula is C10H12OV. The topological polar surface area (TPSA) is 12.5 Å². The zero-order valence-corrected chi connectivity index (χ0v) is 8.55. The van der Waals surface area contributed by atoms with Gasteiger partial charge < -0.3 is 11.7 Å². The third-order valence-corrected chi connectivity index (χ3v) is 1.29. The molecule has 1 radical (unpaired) electrons. The molecule has 12 heavy (non-hydrogen) atoms. The normalized spacial score (nSPS) is 18.3.